The van der Waals surface area contributed by atoms with Crippen LogP contribution in [0.2, 0.25) is 0 Å². The first-order valence-corrected chi connectivity index (χ1v) is 8.70. The van der Waals surface area contributed by atoms with Crippen molar-refractivity contribution in [1.82, 2.24) is 4.98 Å². The summed E-state index contributed by atoms with van der Waals surface area (Å²) in [7, 11) is 1.66. The van der Waals surface area contributed by atoms with E-state index < -0.39 is 11.2 Å². The molecule has 2 aromatic heterocycles. The van der Waals surface area contributed by atoms with E-state index in [2.05, 4.69) is 17.1 Å². The number of rotatable bonds is 4. The highest BCUT2D eigenvalue weighted by Crippen LogP contribution is 2.33. The van der Waals surface area contributed by atoms with Crippen LogP contribution in [0.5, 0.6) is 0 Å². The van der Waals surface area contributed by atoms with Crippen molar-refractivity contribution in [2.75, 3.05) is 0 Å². The third-order valence-corrected chi connectivity index (χ3v) is 5.21. The van der Waals surface area contributed by atoms with Gasteiger partial charge in [0.15, 0.2) is 0 Å². The van der Waals surface area contributed by atoms with Gasteiger partial charge in [0.05, 0.1) is 16.7 Å². The molecule has 0 atom stereocenters. The van der Waals surface area contributed by atoms with Crippen LogP contribution in [-0.4, -0.2) is 28.8 Å². The Balaban J connectivity index is 1.91. The Kier molecular flexibility index (Phi) is 3.83. The van der Waals surface area contributed by atoms with Gasteiger partial charge in [0, 0.05) is 22.4 Å². The molecule has 1 radical (unpaired) electrons. The summed E-state index contributed by atoms with van der Waals surface area (Å²) in [4.78, 5) is 4.50. The zero-order valence-electron chi connectivity index (χ0n) is 15.4. The number of pyridine rings is 1. The predicted octanol–water partition coefficient (Wildman–Crippen LogP) is 3.94. The normalized spacial score (nSPS) is 13.0. The second-order valence-electron chi connectivity index (χ2n) is 7.64. The molecule has 0 aliphatic rings. The number of fused-ring (bicyclic) bond motifs is 5. The highest BCUT2D eigenvalue weighted by molar-refractivity contribution is 6.52. The summed E-state index contributed by atoms with van der Waals surface area (Å²) in [5.74, 6) is 0. The molecule has 0 bridgehead atoms. The number of benzene rings is 2. The van der Waals surface area contributed by atoms with Crippen LogP contribution < -0.4 is 5.46 Å². The molecule has 0 aliphatic heterocycles. The zero-order valence-corrected chi connectivity index (χ0v) is 15.4. The minimum absolute atomic E-state index is 0.760. The fraction of sp³-hybridized carbons (Fsp3) is 0.286. The van der Waals surface area contributed by atoms with Crippen molar-refractivity contribution in [3.63, 3.8) is 0 Å². The summed E-state index contributed by atoms with van der Waals surface area (Å²) in [6.45, 7) is 7.19. The molecule has 2 heterocycles. The van der Waals surface area contributed by atoms with Crippen molar-refractivity contribution in [2.45, 2.75) is 38.9 Å². The first kappa shape index (κ1) is 17.1. The molecule has 0 fully saturated rings. The number of furan rings is 1. The maximum absolute atomic E-state index is 10.3. The molecule has 0 saturated heterocycles. The SMILES string of the molecule is CC(C)(O)C(C)(C)O[B]c1cc2ncccc2c2c1oc1ccccc12. The van der Waals surface area contributed by atoms with E-state index >= 15 is 0 Å². The van der Waals surface area contributed by atoms with Crippen LogP contribution in [0.4, 0.5) is 0 Å². The van der Waals surface area contributed by atoms with Crippen molar-refractivity contribution in [3.05, 3.63) is 48.7 Å². The molecular formula is C21H21BNO3. The van der Waals surface area contributed by atoms with Crippen molar-refractivity contribution >= 4 is 45.8 Å². The Bertz CT molecular complexity index is 1110. The minimum Gasteiger partial charge on any atom is -0.457 e. The molecule has 0 amide bonds. The first-order valence-electron chi connectivity index (χ1n) is 8.70. The lowest BCUT2D eigenvalue weighted by Crippen LogP contribution is -2.49. The van der Waals surface area contributed by atoms with Gasteiger partial charge in [0.25, 0.3) is 0 Å². The zero-order chi connectivity index (χ0) is 18.5. The Morgan fingerprint density at radius 2 is 1.77 bits per heavy atom. The fourth-order valence-corrected chi connectivity index (χ4v) is 2.92. The number of aromatic nitrogens is 1. The molecule has 0 aliphatic carbocycles. The molecule has 0 spiro atoms. The van der Waals surface area contributed by atoms with Gasteiger partial charge in [-0.1, -0.05) is 24.3 Å². The van der Waals surface area contributed by atoms with E-state index in [0.29, 0.717) is 0 Å². The van der Waals surface area contributed by atoms with Crippen LogP contribution in [0.15, 0.2) is 53.1 Å². The molecule has 0 unspecified atom stereocenters. The third kappa shape index (κ3) is 2.68. The van der Waals surface area contributed by atoms with Gasteiger partial charge in [-0.3, -0.25) is 4.98 Å². The molecule has 4 rings (SSSR count). The summed E-state index contributed by atoms with van der Waals surface area (Å²) in [5.41, 5.74) is 1.52. The van der Waals surface area contributed by atoms with E-state index in [1.807, 2.05) is 44.2 Å². The predicted molar refractivity (Wildman–Crippen MR) is 106 cm³/mol. The fourth-order valence-electron chi connectivity index (χ4n) is 2.92. The lowest BCUT2D eigenvalue weighted by atomic mass is 9.81. The van der Waals surface area contributed by atoms with Crippen molar-refractivity contribution in [1.29, 1.82) is 0 Å². The second-order valence-corrected chi connectivity index (χ2v) is 7.64. The number of nitrogens with zero attached hydrogens (tertiary/aromatic N) is 1. The van der Waals surface area contributed by atoms with E-state index in [0.717, 1.165) is 38.3 Å². The maximum atomic E-state index is 10.3. The van der Waals surface area contributed by atoms with Gasteiger partial charge in [0.2, 0.25) is 0 Å². The second kappa shape index (κ2) is 5.83. The van der Waals surface area contributed by atoms with Crippen LogP contribution in [0.25, 0.3) is 32.8 Å². The lowest BCUT2D eigenvalue weighted by Gasteiger charge is -2.37. The quantitative estimate of drug-likeness (QED) is 0.569. The molecule has 5 heteroatoms. The van der Waals surface area contributed by atoms with Gasteiger partial charge in [-0.25, -0.2) is 0 Å². The number of hydrogen-bond donors (Lipinski definition) is 1. The van der Waals surface area contributed by atoms with Crippen LogP contribution in [-0.2, 0) is 4.65 Å². The summed E-state index contributed by atoms with van der Waals surface area (Å²) in [6.07, 6.45) is 1.78. The van der Waals surface area contributed by atoms with Gasteiger partial charge in [-0.2, -0.15) is 0 Å². The topological polar surface area (TPSA) is 55.5 Å². The Labute approximate surface area is 153 Å². The Hall–Kier alpha value is -2.37. The standard InChI is InChI=1S/C21H21BNO3/c1-20(2,24)21(3,4)26-22-15-12-16-13(9-7-11-23-16)18-14-8-5-6-10-17(14)25-19(15)18/h5-12,24H,1-4H3. The van der Waals surface area contributed by atoms with E-state index in [9.17, 15) is 5.11 Å². The van der Waals surface area contributed by atoms with Gasteiger partial charge in [-0.15, -0.1) is 0 Å². The van der Waals surface area contributed by atoms with Crippen LogP contribution in [0, 0.1) is 0 Å². The van der Waals surface area contributed by atoms with Crippen molar-refractivity contribution < 1.29 is 14.2 Å². The molecule has 2 aromatic carbocycles. The Morgan fingerprint density at radius 1 is 1.04 bits per heavy atom. The highest BCUT2D eigenvalue weighted by atomic mass is 16.5. The van der Waals surface area contributed by atoms with Crippen molar-refractivity contribution in [2.24, 2.45) is 0 Å². The van der Waals surface area contributed by atoms with E-state index in [1.165, 1.54) is 0 Å². The first-order chi connectivity index (χ1) is 12.3. The Morgan fingerprint density at radius 3 is 2.54 bits per heavy atom. The average molecular weight is 346 g/mol. The van der Waals surface area contributed by atoms with E-state index in [1.54, 1.807) is 27.5 Å². The van der Waals surface area contributed by atoms with Crippen molar-refractivity contribution in [3.8, 4) is 0 Å². The van der Waals surface area contributed by atoms with E-state index in [-0.39, 0.29) is 0 Å². The third-order valence-electron chi connectivity index (χ3n) is 5.21. The molecule has 4 nitrogen and oxygen atoms in total. The monoisotopic (exact) mass is 346 g/mol. The number of aliphatic hydroxyl groups is 1. The van der Waals surface area contributed by atoms with Gasteiger partial charge in [-0.05, 0) is 51.4 Å². The van der Waals surface area contributed by atoms with Crippen LogP contribution in [0.3, 0.4) is 0 Å². The van der Waals surface area contributed by atoms with Gasteiger partial charge in [0.1, 0.15) is 11.2 Å². The van der Waals surface area contributed by atoms with Gasteiger partial charge < -0.3 is 14.2 Å². The molecule has 4 aromatic rings. The molecule has 0 saturated carbocycles. The molecular weight excluding hydrogens is 325 g/mol. The smallest absolute Gasteiger partial charge is 0.334 e. The summed E-state index contributed by atoms with van der Waals surface area (Å²) in [6, 6.07) is 13.9. The molecule has 1 N–H and O–H groups in total. The largest absolute Gasteiger partial charge is 0.457 e. The summed E-state index contributed by atoms with van der Waals surface area (Å²) < 4.78 is 12.1. The maximum Gasteiger partial charge on any atom is 0.334 e. The number of hydrogen-bond acceptors (Lipinski definition) is 4. The van der Waals surface area contributed by atoms with Gasteiger partial charge >= 0.3 is 7.48 Å². The van der Waals surface area contributed by atoms with Crippen LogP contribution in [0.1, 0.15) is 27.7 Å². The molecule has 26 heavy (non-hydrogen) atoms. The minimum atomic E-state index is -0.994. The van der Waals surface area contributed by atoms with Crippen LogP contribution >= 0.6 is 0 Å². The average Bonchev–Trinajstić information content (AvgIpc) is 2.98. The number of para-hydroxylation sites is 1. The lowest BCUT2D eigenvalue weighted by molar-refractivity contribution is -0.0893. The summed E-state index contributed by atoms with van der Waals surface area (Å²) in [5, 5.41) is 13.5. The van der Waals surface area contributed by atoms with E-state index in [4.69, 9.17) is 9.07 Å². The molecule has 131 valence electrons. The summed E-state index contributed by atoms with van der Waals surface area (Å²) >= 11 is 0. The highest BCUT2D eigenvalue weighted by Gasteiger charge is 2.36.